The standard InChI is InChI=1S/C19H18ClN3O2S2/c1-11(2)19-22-13(10-27-19)9-21-17(24)12-5-6-14(20)15(8-12)23-18(25)16-4-3-7-26-16/h3-8,10-11H,9H2,1-2H3,(H,21,24)(H,23,25). The summed E-state index contributed by atoms with van der Waals surface area (Å²) in [6.07, 6.45) is 0. The van der Waals surface area contributed by atoms with E-state index in [-0.39, 0.29) is 11.8 Å². The van der Waals surface area contributed by atoms with Gasteiger partial charge < -0.3 is 10.6 Å². The second kappa shape index (κ2) is 8.65. The number of thiazole rings is 1. The number of rotatable bonds is 6. The number of benzene rings is 1. The molecule has 0 aliphatic heterocycles. The van der Waals surface area contributed by atoms with E-state index < -0.39 is 0 Å². The predicted octanol–water partition coefficient (Wildman–Crippen LogP) is 5.16. The number of nitrogens with one attached hydrogen (secondary N) is 2. The Bertz CT molecular complexity index is 952. The van der Waals surface area contributed by atoms with Gasteiger partial charge in [0.15, 0.2) is 0 Å². The fraction of sp³-hybridized carbons (Fsp3) is 0.211. The van der Waals surface area contributed by atoms with Crippen LogP contribution in [-0.2, 0) is 6.54 Å². The van der Waals surface area contributed by atoms with E-state index in [0.717, 1.165) is 10.7 Å². The molecule has 3 rings (SSSR count). The molecule has 0 atom stereocenters. The molecule has 2 heterocycles. The summed E-state index contributed by atoms with van der Waals surface area (Å²) in [5.74, 6) is -0.143. The van der Waals surface area contributed by atoms with Gasteiger partial charge in [-0.05, 0) is 29.6 Å². The van der Waals surface area contributed by atoms with Crippen LogP contribution in [0.2, 0.25) is 5.02 Å². The maximum Gasteiger partial charge on any atom is 0.265 e. The maximum atomic E-state index is 12.4. The van der Waals surface area contributed by atoms with Crippen LogP contribution in [0, 0.1) is 0 Å². The van der Waals surface area contributed by atoms with Gasteiger partial charge in [-0.1, -0.05) is 31.5 Å². The lowest BCUT2D eigenvalue weighted by Crippen LogP contribution is -2.23. The van der Waals surface area contributed by atoms with Crippen LogP contribution in [0.3, 0.4) is 0 Å². The van der Waals surface area contributed by atoms with Crippen LogP contribution in [0.25, 0.3) is 0 Å². The number of amides is 2. The summed E-state index contributed by atoms with van der Waals surface area (Å²) in [4.78, 5) is 29.7. The normalized spacial score (nSPS) is 10.8. The van der Waals surface area contributed by atoms with Crippen LogP contribution in [0.5, 0.6) is 0 Å². The Hall–Kier alpha value is -2.22. The van der Waals surface area contributed by atoms with Crippen molar-refractivity contribution in [3.8, 4) is 0 Å². The largest absolute Gasteiger partial charge is 0.346 e. The average molecular weight is 420 g/mol. The molecule has 0 radical (unpaired) electrons. The van der Waals surface area contributed by atoms with Gasteiger partial charge in [-0.2, -0.15) is 0 Å². The van der Waals surface area contributed by atoms with E-state index in [1.165, 1.54) is 11.3 Å². The van der Waals surface area contributed by atoms with Gasteiger partial charge >= 0.3 is 0 Å². The third kappa shape index (κ3) is 4.94. The van der Waals surface area contributed by atoms with Crippen molar-refractivity contribution in [3.63, 3.8) is 0 Å². The van der Waals surface area contributed by atoms with Crippen LogP contribution in [-0.4, -0.2) is 16.8 Å². The highest BCUT2D eigenvalue weighted by Crippen LogP contribution is 2.24. The lowest BCUT2D eigenvalue weighted by atomic mass is 10.2. The van der Waals surface area contributed by atoms with Gasteiger partial charge in [0.2, 0.25) is 0 Å². The summed E-state index contributed by atoms with van der Waals surface area (Å²) >= 11 is 9.08. The zero-order valence-corrected chi connectivity index (χ0v) is 17.2. The maximum absolute atomic E-state index is 12.4. The zero-order valence-electron chi connectivity index (χ0n) is 14.8. The van der Waals surface area contributed by atoms with E-state index in [1.54, 1.807) is 41.7 Å². The van der Waals surface area contributed by atoms with Gasteiger partial charge in [0.05, 0.1) is 32.8 Å². The smallest absolute Gasteiger partial charge is 0.265 e. The first kappa shape index (κ1) is 19.5. The van der Waals surface area contributed by atoms with Crippen molar-refractivity contribution in [1.29, 1.82) is 0 Å². The first-order valence-electron chi connectivity index (χ1n) is 8.31. The van der Waals surface area contributed by atoms with Crippen molar-refractivity contribution in [2.24, 2.45) is 0 Å². The highest BCUT2D eigenvalue weighted by Gasteiger charge is 2.13. The summed E-state index contributed by atoms with van der Waals surface area (Å²) in [7, 11) is 0. The Balaban J connectivity index is 1.66. The summed E-state index contributed by atoms with van der Waals surface area (Å²) in [5.41, 5.74) is 1.65. The molecule has 0 fully saturated rings. The summed E-state index contributed by atoms with van der Waals surface area (Å²) in [6, 6.07) is 8.32. The lowest BCUT2D eigenvalue weighted by molar-refractivity contribution is 0.0949. The third-order valence-corrected chi connectivity index (χ3v) is 6.11. The summed E-state index contributed by atoms with van der Waals surface area (Å²) in [5, 5.41) is 10.8. The Morgan fingerprint density at radius 3 is 2.67 bits per heavy atom. The first-order valence-corrected chi connectivity index (χ1v) is 10.4. The summed E-state index contributed by atoms with van der Waals surface area (Å²) < 4.78 is 0. The molecule has 0 saturated carbocycles. The molecule has 5 nitrogen and oxygen atoms in total. The van der Waals surface area contributed by atoms with Crippen molar-refractivity contribution in [2.45, 2.75) is 26.3 Å². The highest BCUT2D eigenvalue weighted by atomic mass is 35.5. The number of anilines is 1. The Morgan fingerprint density at radius 2 is 2.00 bits per heavy atom. The van der Waals surface area contributed by atoms with Crippen molar-refractivity contribution < 1.29 is 9.59 Å². The molecular weight excluding hydrogens is 402 g/mol. The number of halogens is 1. The molecule has 0 aliphatic carbocycles. The van der Waals surface area contributed by atoms with Gasteiger partial charge in [0.25, 0.3) is 11.8 Å². The van der Waals surface area contributed by atoms with E-state index in [9.17, 15) is 9.59 Å². The first-order chi connectivity index (χ1) is 12.9. The molecule has 0 bridgehead atoms. The molecule has 2 N–H and O–H groups in total. The summed E-state index contributed by atoms with van der Waals surface area (Å²) in [6.45, 7) is 4.52. The second-order valence-corrected chi connectivity index (χ2v) is 8.39. The molecule has 3 aromatic rings. The fourth-order valence-corrected chi connectivity index (χ4v) is 3.91. The number of aromatic nitrogens is 1. The minimum atomic E-state index is -0.256. The van der Waals surface area contributed by atoms with Crippen LogP contribution >= 0.6 is 34.3 Å². The van der Waals surface area contributed by atoms with E-state index in [2.05, 4.69) is 29.5 Å². The molecule has 0 saturated heterocycles. The van der Waals surface area contributed by atoms with Gasteiger partial charge in [0.1, 0.15) is 0 Å². The number of hydrogen-bond donors (Lipinski definition) is 2. The van der Waals surface area contributed by atoms with E-state index in [4.69, 9.17) is 11.6 Å². The van der Waals surface area contributed by atoms with Crippen molar-refractivity contribution in [1.82, 2.24) is 10.3 Å². The Kier molecular flexibility index (Phi) is 6.26. The number of carbonyl (C=O) groups excluding carboxylic acids is 2. The zero-order chi connectivity index (χ0) is 19.4. The van der Waals surface area contributed by atoms with Gasteiger partial charge in [-0.25, -0.2) is 4.98 Å². The quantitative estimate of drug-likeness (QED) is 0.579. The molecule has 0 aliphatic rings. The van der Waals surface area contributed by atoms with E-state index >= 15 is 0 Å². The van der Waals surface area contributed by atoms with Gasteiger partial charge in [0, 0.05) is 16.9 Å². The van der Waals surface area contributed by atoms with Crippen molar-refractivity contribution in [2.75, 3.05) is 5.32 Å². The average Bonchev–Trinajstić information content (AvgIpc) is 3.33. The molecule has 0 spiro atoms. The van der Waals surface area contributed by atoms with Crippen LogP contribution < -0.4 is 10.6 Å². The monoisotopic (exact) mass is 419 g/mol. The predicted molar refractivity (Wildman–Crippen MR) is 111 cm³/mol. The van der Waals surface area contributed by atoms with E-state index in [1.807, 2.05) is 10.8 Å². The number of hydrogen-bond acceptors (Lipinski definition) is 5. The highest BCUT2D eigenvalue weighted by molar-refractivity contribution is 7.12. The number of nitrogens with zero attached hydrogens (tertiary/aromatic N) is 1. The fourth-order valence-electron chi connectivity index (χ4n) is 2.30. The molecule has 1 aromatic carbocycles. The molecule has 8 heteroatoms. The van der Waals surface area contributed by atoms with Crippen LogP contribution in [0.1, 0.15) is 50.5 Å². The molecule has 2 aromatic heterocycles. The second-order valence-electron chi connectivity index (χ2n) is 6.14. The minimum Gasteiger partial charge on any atom is -0.346 e. The molecule has 2 amide bonds. The van der Waals surface area contributed by atoms with E-state index in [0.29, 0.717) is 33.6 Å². The third-order valence-electron chi connectivity index (χ3n) is 3.72. The van der Waals surface area contributed by atoms with Crippen molar-refractivity contribution >= 4 is 51.8 Å². The molecular formula is C19H18ClN3O2S2. The Morgan fingerprint density at radius 1 is 1.19 bits per heavy atom. The number of thiophene rings is 1. The molecule has 0 unspecified atom stereocenters. The minimum absolute atomic E-state index is 0.252. The van der Waals surface area contributed by atoms with Gasteiger partial charge in [-0.3, -0.25) is 9.59 Å². The van der Waals surface area contributed by atoms with Crippen LogP contribution in [0.4, 0.5) is 5.69 Å². The van der Waals surface area contributed by atoms with Crippen molar-refractivity contribution in [3.05, 3.63) is 67.3 Å². The topological polar surface area (TPSA) is 71.1 Å². The van der Waals surface area contributed by atoms with Crippen LogP contribution in [0.15, 0.2) is 41.1 Å². The Labute approximate surface area is 170 Å². The molecule has 27 heavy (non-hydrogen) atoms. The SMILES string of the molecule is CC(C)c1nc(CNC(=O)c2ccc(Cl)c(NC(=O)c3cccs3)c2)cs1. The lowest BCUT2D eigenvalue weighted by Gasteiger charge is -2.09. The molecule has 140 valence electrons. The number of carbonyl (C=O) groups is 2. The van der Waals surface area contributed by atoms with Gasteiger partial charge in [-0.15, -0.1) is 22.7 Å².